The van der Waals surface area contributed by atoms with Crippen molar-refractivity contribution in [2.75, 3.05) is 13.1 Å². The van der Waals surface area contributed by atoms with Crippen LogP contribution in [0.15, 0.2) is 30.3 Å². The van der Waals surface area contributed by atoms with Crippen molar-refractivity contribution in [3.63, 3.8) is 0 Å². The SMILES string of the molecule is O=C(c1cc(Cl)c2ccccc2c1O)N1CCC(O)CC1. The van der Waals surface area contributed by atoms with E-state index in [1.54, 1.807) is 17.0 Å². The number of carbonyl (C=O) groups is 1. The number of carbonyl (C=O) groups excluding carboxylic acids is 1. The Morgan fingerprint density at radius 2 is 1.81 bits per heavy atom. The Balaban J connectivity index is 2.00. The van der Waals surface area contributed by atoms with Gasteiger partial charge in [0, 0.05) is 28.9 Å². The zero-order valence-corrected chi connectivity index (χ0v) is 12.2. The van der Waals surface area contributed by atoms with Crippen LogP contribution in [0.4, 0.5) is 0 Å². The van der Waals surface area contributed by atoms with E-state index in [9.17, 15) is 15.0 Å². The molecule has 5 heteroatoms. The van der Waals surface area contributed by atoms with Crippen molar-refractivity contribution in [2.45, 2.75) is 18.9 Å². The van der Waals surface area contributed by atoms with Crippen LogP contribution in [0.5, 0.6) is 5.75 Å². The van der Waals surface area contributed by atoms with Gasteiger partial charge in [-0.1, -0.05) is 35.9 Å². The average Bonchev–Trinajstić information content (AvgIpc) is 2.51. The summed E-state index contributed by atoms with van der Waals surface area (Å²) in [5.41, 5.74) is 0.218. The molecule has 0 aromatic heterocycles. The number of likely N-dealkylation sites (tertiary alicyclic amines) is 1. The predicted molar refractivity (Wildman–Crippen MR) is 81.8 cm³/mol. The minimum Gasteiger partial charge on any atom is -0.506 e. The summed E-state index contributed by atoms with van der Waals surface area (Å²) < 4.78 is 0. The van der Waals surface area contributed by atoms with E-state index in [0.29, 0.717) is 36.3 Å². The minimum atomic E-state index is -0.345. The van der Waals surface area contributed by atoms with Crippen LogP contribution < -0.4 is 0 Å². The van der Waals surface area contributed by atoms with Crippen molar-refractivity contribution >= 4 is 28.3 Å². The van der Waals surface area contributed by atoms with Crippen molar-refractivity contribution in [3.8, 4) is 5.75 Å². The molecule has 1 saturated heterocycles. The molecule has 2 aromatic rings. The summed E-state index contributed by atoms with van der Waals surface area (Å²) in [4.78, 5) is 14.2. The Hall–Kier alpha value is -1.78. The molecule has 2 aromatic carbocycles. The molecule has 0 atom stereocenters. The molecule has 110 valence electrons. The summed E-state index contributed by atoms with van der Waals surface area (Å²) >= 11 is 6.22. The van der Waals surface area contributed by atoms with Crippen molar-refractivity contribution in [2.24, 2.45) is 0 Å². The lowest BCUT2D eigenvalue weighted by molar-refractivity contribution is 0.0544. The summed E-state index contributed by atoms with van der Waals surface area (Å²) in [6, 6.07) is 8.70. The number of phenolic OH excluding ortho intramolecular Hbond substituents is 1. The van der Waals surface area contributed by atoms with E-state index in [0.717, 1.165) is 5.39 Å². The summed E-state index contributed by atoms with van der Waals surface area (Å²) in [5.74, 6) is -0.279. The third-order valence-corrected chi connectivity index (χ3v) is 4.26. The van der Waals surface area contributed by atoms with E-state index < -0.39 is 0 Å². The number of piperidine rings is 1. The van der Waals surface area contributed by atoms with Gasteiger partial charge in [-0.05, 0) is 18.9 Å². The van der Waals surface area contributed by atoms with Gasteiger partial charge in [-0.3, -0.25) is 4.79 Å². The van der Waals surface area contributed by atoms with E-state index >= 15 is 0 Å². The van der Waals surface area contributed by atoms with Crippen LogP contribution in [0.1, 0.15) is 23.2 Å². The number of hydrogen-bond acceptors (Lipinski definition) is 3. The number of hydrogen-bond donors (Lipinski definition) is 2. The van der Waals surface area contributed by atoms with Gasteiger partial charge in [0.05, 0.1) is 11.7 Å². The van der Waals surface area contributed by atoms with E-state index in [1.165, 1.54) is 6.07 Å². The van der Waals surface area contributed by atoms with Gasteiger partial charge in [-0.2, -0.15) is 0 Å². The average molecular weight is 306 g/mol. The first-order valence-corrected chi connectivity index (χ1v) is 7.33. The first-order chi connectivity index (χ1) is 10.1. The Labute approximate surface area is 127 Å². The van der Waals surface area contributed by atoms with E-state index in [1.807, 2.05) is 12.1 Å². The third-order valence-electron chi connectivity index (χ3n) is 3.95. The number of aliphatic hydroxyl groups is 1. The molecular formula is C16H16ClNO3. The third kappa shape index (κ3) is 2.57. The zero-order valence-electron chi connectivity index (χ0n) is 11.4. The van der Waals surface area contributed by atoms with Crippen LogP contribution >= 0.6 is 11.6 Å². The van der Waals surface area contributed by atoms with E-state index in [4.69, 9.17) is 11.6 Å². The van der Waals surface area contributed by atoms with Crippen molar-refractivity contribution in [3.05, 3.63) is 40.9 Å². The van der Waals surface area contributed by atoms with Gasteiger partial charge < -0.3 is 15.1 Å². The quantitative estimate of drug-likeness (QED) is 0.851. The maximum absolute atomic E-state index is 12.5. The van der Waals surface area contributed by atoms with Gasteiger partial charge in [0.15, 0.2) is 0 Å². The number of nitrogens with zero attached hydrogens (tertiary/aromatic N) is 1. The lowest BCUT2D eigenvalue weighted by Crippen LogP contribution is -2.40. The molecule has 0 spiro atoms. The molecule has 1 aliphatic rings. The molecule has 0 unspecified atom stereocenters. The molecule has 21 heavy (non-hydrogen) atoms. The van der Waals surface area contributed by atoms with Gasteiger partial charge in [0.1, 0.15) is 5.75 Å². The second-order valence-corrected chi connectivity index (χ2v) is 5.73. The highest BCUT2D eigenvalue weighted by Gasteiger charge is 2.25. The molecule has 1 amide bonds. The van der Waals surface area contributed by atoms with Gasteiger partial charge in [-0.25, -0.2) is 0 Å². The van der Waals surface area contributed by atoms with Crippen LogP contribution in [0.25, 0.3) is 10.8 Å². The first-order valence-electron chi connectivity index (χ1n) is 6.95. The number of halogens is 1. The fraction of sp³-hybridized carbons (Fsp3) is 0.312. The number of fused-ring (bicyclic) bond motifs is 1. The van der Waals surface area contributed by atoms with Crippen LogP contribution in [0.2, 0.25) is 5.02 Å². The molecule has 0 saturated carbocycles. The summed E-state index contributed by atoms with van der Waals surface area (Å²) in [7, 11) is 0. The number of aliphatic hydroxyl groups excluding tert-OH is 1. The van der Waals surface area contributed by atoms with Crippen LogP contribution in [-0.2, 0) is 0 Å². The normalized spacial score (nSPS) is 16.4. The summed E-state index contributed by atoms with van der Waals surface area (Å²) in [5, 5.41) is 21.6. The molecule has 2 N–H and O–H groups in total. The summed E-state index contributed by atoms with van der Waals surface area (Å²) in [6.07, 6.45) is 0.782. The lowest BCUT2D eigenvalue weighted by Gasteiger charge is -2.30. The van der Waals surface area contributed by atoms with E-state index in [2.05, 4.69) is 0 Å². The van der Waals surface area contributed by atoms with Crippen molar-refractivity contribution in [1.29, 1.82) is 0 Å². The monoisotopic (exact) mass is 305 g/mol. The molecule has 3 rings (SSSR count). The number of amides is 1. The van der Waals surface area contributed by atoms with E-state index in [-0.39, 0.29) is 23.3 Å². The number of phenols is 1. The highest BCUT2D eigenvalue weighted by atomic mass is 35.5. The number of aromatic hydroxyl groups is 1. The fourth-order valence-corrected chi connectivity index (χ4v) is 2.99. The van der Waals surface area contributed by atoms with Crippen LogP contribution in [0.3, 0.4) is 0 Å². The van der Waals surface area contributed by atoms with Gasteiger partial charge in [0.25, 0.3) is 5.91 Å². The number of rotatable bonds is 1. The topological polar surface area (TPSA) is 60.8 Å². The Morgan fingerprint density at radius 3 is 2.48 bits per heavy atom. The zero-order chi connectivity index (χ0) is 15.0. The predicted octanol–water partition coefficient (Wildman–Crippen LogP) is 2.80. The number of benzene rings is 2. The Bertz CT molecular complexity index is 693. The van der Waals surface area contributed by atoms with Crippen LogP contribution in [0, 0.1) is 0 Å². The second-order valence-electron chi connectivity index (χ2n) is 5.32. The largest absolute Gasteiger partial charge is 0.506 e. The highest BCUT2D eigenvalue weighted by molar-refractivity contribution is 6.36. The Kier molecular flexibility index (Phi) is 3.74. The summed E-state index contributed by atoms with van der Waals surface area (Å²) in [6.45, 7) is 0.980. The van der Waals surface area contributed by atoms with Crippen molar-refractivity contribution in [1.82, 2.24) is 4.90 Å². The second kappa shape index (κ2) is 5.54. The Morgan fingerprint density at radius 1 is 1.19 bits per heavy atom. The molecule has 0 radical (unpaired) electrons. The molecule has 1 aliphatic heterocycles. The van der Waals surface area contributed by atoms with Gasteiger partial charge in [0.2, 0.25) is 0 Å². The highest BCUT2D eigenvalue weighted by Crippen LogP contribution is 2.35. The molecule has 1 heterocycles. The molecule has 0 bridgehead atoms. The first kappa shape index (κ1) is 14.2. The molecule has 4 nitrogen and oxygen atoms in total. The molecule has 0 aliphatic carbocycles. The van der Waals surface area contributed by atoms with Crippen LogP contribution in [-0.4, -0.2) is 40.2 Å². The molecular weight excluding hydrogens is 290 g/mol. The maximum Gasteiger partial charge on any atom is 0.257 e. The molecule has 1 fully saturated rings. The minimum absolute atomic E-state index is 0.0360. The maximum atomic E-state index is 12.5. The van der Waals surface area contributed by atoms with Gasteiger partial charge >= 0.3 is 0 Å². The van der Waals surface area contributed by atoms with Crippen molar-refractivity contribution < 1.29 is 15.0 Å². The fourth-order valence-electron chi connectivity index (χ4n) is 2.72. The smallest absolute Gasteiger partial charge is 0.257 e. The van der Waals surface area contributed by atoms with Gasteiger partial charge in [-0.15, -0.1) is 0 Å². The standard InChI is InChI=1S/C16H16ClNO3/c17-14-9-13(15(20)12-4-2-1-3-11(12)14)16(21)18-7-5-10(19)6-8-18/h1-4,9-10,19-20H,5-8H2. The lowest BCUT2D eigenvalue weighted by atomic mass is 10.0.